The topological polar surface area (TPSA) is 108 Å². The molecule has 0 aliphatic carbocycles. The number of rotatable bonds is 2. The van der Waals surface area contributed by atoms with Gasteiger partial charge in [-0.2, -0.15) is 5.10 Å². The van der Waals surface area contributed by atoms with Gasteiger partial charge in [0.25, 0.3) is 0 Å². The lowest BCUT2D eigenvalue weighted by atomic mass is 9.92. The maximum atomic E-state index is 14.9. The standard InChI is InChI=1S/C18H20FN5O4/c1-22-13-9-14(23-4-6-24(7-5-23)18(27)28)12(19)8-11(13)16(21-22)10-2-3-15(25)20-17(10)26/h8-10H,2-7H2,1H3,(H,27,28)(H,20,25,26). The van der Waals surface area contributed by atoms with Crippen LogP contribution in [0.2, 0.25) is 0 Å². The number of anilines is 1. The summed E-state index contributed by atoms with van der Waals surface area (Å²) in [7, 11) is 1.72. The predicted octanol–water partition coefficient (Wildman–Crippen LogP) is 1.03. The largest absolute Gasteiger partial charge is 0.465 e. The Kier molecular flexibility index (Phi) is 4.40. The Labute approximate surface area is 159 Å². The SMILES string of the molecule is Cn1nc(C2CCC(=O)NC2=O)c2cc(F)c(N3CCN(C(=O)O)CC3)cc21. The summed E-state index contributed by atoms with van der Waals surface area (Å²) in [6.45, 7) is 1.40. The zero-order valence-corrected chi connectivity index (χ0v) is 15.3. The molecular weight excluding hydrogens is 369 g/mol. The average molecular weight is 389 g/mol. The van der Waals surface area contributed by atoms with E-state index < -0.39 is 23.7 Å². The molecule has 0 spiro atoms. The molecule has 2 aliphatic rings. The Hall–Kier alpha value is -3.17. The Morgan fingerprint density at radius 1 is 1.25 bits per heavy atom. The van der Waals surface area contributed by atoms with Crippen LogP contribution in [0.15, 0.2) is 12.1 Å². The van der Waals surface area contributed by atoms with Crippen LogP contribution in [0, 0.1) is 5.82 Å². The molecule has 1 unspecified atom stereocenters. The fraction of sp³-hybridized carbons (Fsp3) is 0.444. The average Bonchev–Trinajstić information content (AvgIpc) is 2.96. The minimum absolute atomic E-state index is 0.225. The van der Waals surface area contributed by atoms with Crippen LogP contribution in [-0.4, -0.2) is 63.9 Å². The second-order valence-electron chi connectivity index (χ2n) is 7.09. The third-order valence-electron chi connectivity index (χ3n) is 5.41. The second kappa shape index (κ2) is 6.77. The third kappa shape index (κ3) is 3.04. The molecule has 1 aromatic heterocycles. The first-order valence-electron chi connectivity index (χ1n) is 9.08. The number of hydrogen-bond donors (Lipinski definition) is 2. The van der Waals surface area contributed by atoms with Crippen molar-refractivity contribution in [3.63, 3.8) is 0 Å². The van der Waals surface area contributed by atoms with Gasteiger partial charge in [0.05, 0.1) is 22.8 Å². The van der Waals surface area contributed by atoms with Gasteiger partial charge in [-0.25, -0.2) is 9.18 Å². The molecule has 28 heavy (non-hydrogen) atoms. The van der Waals surface area contributed by atoms with Crippen LogP contribution in [-0.2, 0) is 16.6 Å². The zero-order valence-electron chi connectivity index (χ0n) is 15.3. The number of carbonyl (C=O) groups excluding carboxylic acids is 2. The molecule has 2 saturated heterocycles. The molecule has 3 amide bonds. The number of nitrogens with one attached hydrogen (secondary N) is 1. The first kappa shape index (κ1) is 18.2. The Balaban J connectivity index is 1.67. The molecule has 2 fully saturated rings. The van der Waals surface area contributed by atoms with Gasteiger partial charge in [-0.1, -0.05) is 0 Å². The zero-order chi connectivity index (χ0) is 20.0. The number of aromatic nitrogens is 2. The smallest absolute Gasteiger partial charge is 0.407 e. The minimum Gasteiger partial charge on any atom is -0.465 e. The summed E-state index contributed by atoms with van der Waals surface area (Å²) in [5, 5.41) is 16.3. The van der Waals surface area contributed by atoms with Crippen molar-refractivity contribution < 1.29 is 23.9 Å². The maximum absolute atomic E-state index is 14.9. The fourth-order valence-electron chi connectivity index (χ4n) is 3.89. The summed E-state index contributed by atoms with van der Waals surface area (Å²) in [6.07, 6.45) is -0.406. The van der Waals surface area contributed by atoms with Crippen molar-refractivity contribution in [1.29, 1.82) is 0 Å². The van der Waals surface area contributed by atoms with E-state index in [1.165, 1.54) is 11.0 Å². The van der Waals surface area contributed by atoms with Crippen molar-refractivity contribution in [1.82, 2.24) is 20.0 Å². The highest BCUT2D eigenvalue weighted by atomic mass is 19.1. The monoisotopic (exact) mass is 389 g/mol. The van der Waals surface area contributed by atoms with E-state index in [-0.39, 0.29) is 12.3 Å². The quantitative estimate of drug-likeness (QED) is 0.743. The van der Waals surface area contributed by atoms with E-state index in [2.05, 4.69) is 10.4 Å². The van der Waals surface area contributed by atoms with Crippen LogP contribution in [0.3, 0.4) is 0 Å². The van der Waals surface area contributed by atoms with Crippen molar-refractivity contribution in [3.8, 4) is 0 Å². The predicted molar refractivity (Wildman–Crippen MR) is 97.6 cm³/mol. The van der Waals surface area contributed by atoms with Crippen molar-refractivity contribution in [2.24, 2.45) is 7.05 Å². The Bertz CT molecular complexity index is 980. The highest BCUT2D eigenvalue weighted by Gasteiger charge is 2.32. The highest BCUT2D eigenvalue weighted by molar-refractivity contribution is 6.02. The first-order chi connectivity index (χ1) is 13.3. The van der Waals surface area contributed by atoms with Crippen LogP contribution >= 0.6 is 0 Å². The molecule has 0 bridgehead atoms. The van der Waals surface area contributed by atoms with E-state index in [1.807, 2.05) is 4.90 Å². The molecule has 4 rings (SSSR count). The Morgan fingerprint density at radius 3 is 2.61 bits per heavy atom. The van der Waals surface area contributed by atoms with E-state index in [0.29, 0.717) is 54.9 Å². The van der Waals surface area contributed by atoms with Gasteiger partial charge in [0.1, 0.15) is 5.82 Å². The number of carbonyl (C=O) groups is 3. The van der Waals surface area contributed by atoms with Gasteiger partial charge in [0.15, 0.2) is 0 Å². The number of aryl methyl sites for hydroxylation is 1. The number of piperazine rings is 1. The van der Waals surface area contributed by atoms with Crippen LogP contribution in [0.4, 0.5) is 14.9 Å². The number of fused-ring (bicyclic) bond motifs is 1. The maximum Gasteiger partial charge on any atom is 0.407 e. The lowest BCUT2D eigenvalue weighted by molar-refractivity contribution is -0.134. The van der Waals surface area contributed by atoms with E-state index in [1.54, 1.807) is 17.8 Å². The van der Waals surface area contributed by atoms with Crippen molar-refractivity contribution in [3.05, 3.63) is 23.6 Å². The van der Waals surface area contributed by atoms with E-state index in [4.69, 9.17) is 5.11 Å². The summed E-state index contributed by atoms with van der Waals surface area (Å²) in [5.41, 5.74) is 1.52. The lowest BCUT2D eigenvalue weighted by Gasteiger charge is -2.34. The number of halogens is 1. The molecule has 0 saturated carbocycles. The van der Waals surface area contributed by atoms with Gasteiger partial charge in [0, 0.05) is 45.0 Å². The molecule has 1 atom stereocenters. The molecule has 2 aliphatic heterocycles. The molecule has 0 radical (unpaired) electrons. The molecular formula is C18H20FN5O4. The van der Waals surface area contributed by atoms with Crippen LogP contribution in [0.25, 0.3) is 10.9 Å². The van der Waals surface area contributed by atoms with E-state index in [9.17, 15) is 18.8 Å². The normalized spacial score (nSPS) is 20.6. The third-order valence-corrected chi connectivity index (χ3v) is 5.41. The summed E-state index contributed by atoms with van der Waals surface area (Å²) in [4.78, 5) is 37.8. The summed E-state index contributed by atoms with van der Waals surface area (Å²) < 4.78 is 16.5. The first-order valence-corrected chi connectivity index (χ1v) is 9.08. The van der Waals surface area contributed by atoms with Gasteiger partial charge in [-0.3, -0.25) is 19.6 Å². The molecule has 3 heterocycles. The van der Waals surface area contributed by atoms with Crippen LogP contribution in [0.1, 0.15) is 24.5 Å². The van der Waals surface area contributed by atoms with Crippen molar-refractivity contribution in [2.45, 2.75) is 18.8 Å². The van der Waals surface area contributed by atoms with Gasteiger partial charge < -0.3 is 14.9 Å². The van der Waals surface area contributed by atoms with Gasteiger partial charge >= 0.3 is 6.09 Å². The molecule has 2 aromatic rings. The van der Waals surface area contributed by atoms with Crippen LogP contribution in [0.5, 0.6) is 0 Å². The number of carboxylic acid groups (broad SMARTS) is 1. The van der Waals surface area contributed by atoms with E-state index in [0.717, 1.165) is 0 Å². The second-order valence-corrected chi connectivity index (χ2v) is 7.09. The van der Waals surface area contributed by atoms with Gasteiger partial charge in [-0.05, 0) is 18.6 Å². The lowest BCUT2D eigenvalue weighted by Crippen LogP contribution is -2.48. The molecule has 1 aromatic carbocycles. The molecule has 148 valence electrons. The van der Waals surface area contributed by atoms with Gasteiger partial charge in [0.2, 0.25) is 11.8 Å². The van der Waals surface area contributed by atoms with Crippen molar-refractivity contribution in [2.75, 3.05) is 31.1 Å². The summed E-state index contributed by atoms with van der Waals surface area (Å²) >= 11 is 0. The molecule has 9 nitrogen and oxygen atoms in total. The number of imide groups is 1. The number of piperidine rings is 1. The summed E-state index contributed by atoms with van der Waals surface area (Å²) in [5.74, 6) is -1.76. The van der Waals surface area contributed by atoms with E-state index >= 15 is 0 Å². The molecule has 10 heteroatoms. The number of benzene rings is 1. The van der Waals surface area contributed by atoms with Gasteiger partial charge in [-0.15, -0.1) is 0 Å². The van der Waals surface area contributed by atoms with Crippen molar-refractivity contribution >= 4 is 34.5 Å². The minimum atomic E-state index is -0.976. The molecule has 2 N–H and O–H groups in total. The number of nitrogens with zero attached hydrogens (tertiary/aromatic N) is 4. The highest BCUT2D eigenvalue weighted by Crippen LogP contribution is 2.34. The number of amides is 3. The van der Waals surface area contributed by atoms with Crippen LogP contribution < -0.4 is 10.2 Å². The fourth-order valence-corrected chi connectivity index (χ4v) is 3.89. The summed E-state index contributed by atoms with van der Waals surface area (Å²) in [6, 6.07) is 3.06. The number of hydrogen-bond acceptors (Lipinski definition) is 5. The Morgan fingerprint density at radius 2 is 1.96 bits per heavy atom.